The van der Waals surface area contributed by atoms with E-state index in [1.807, 2.05) is 29.9 Å². The van der Waals surface area contributed by atoms with Crippen LogP contribution in [0.5, 0.6) is 0 Å². The Morgan fingerprint density at radius 2 is 1.96 bits per heavy atom. The molecule has 1 aliphatic rings. The van der Waals surface area contributed by atoms with Crippen LogP contribution in [0.4, 0.5) is 5.69 Å². The minimum atomic E-state index is -0.512. The van der Waals surface area contributed by atoms with Crippen LogP contribution in [-0.4, -0.2) is 21.5 Å². The number of hydrogen-bond donors (Lipinski definition) is 1. The van der Waals surface area contributed by atoms with Gasteiger partial charge in [-0.3, -0.25) is 19.8 Å². The van der Waals surface area contributed by atoms with Gasteiger partial charge in [0, 0.05) is 24.0 Å². The fourth-order valence-electron chi connectivity index (χ4n) is 2.49. The number of carbonyl (C=O) groups excluding carboxylic acids is 2. The summed E-state index contributed by atoms with van der Waals surface area (Å²) < 4.78 is 1.81. The Bertz CT molecular complexity index is 901. The van der Waals surface area contributed by atoms with Gasteiger partial charge in [0.15, 0.2) is 5.11 Å². The first kappa shape index (κ1) is 16.4. The quantitative estimate of drug-likeness (QED) is 0.509. The molecule has 1 aliphatic heterocycles. The van der Waals surface area contributed by atoms with Gasteiger partial charge in [0.1, 0.15) is 5.57 Å². The SMILES string of the molecule is Cc1c(Cl)cccc1N1C(=O)/C(=C/c2cccn2C)C(=O)NC1=S. The molecule has 0 spiro atoms. The van der Waals surface area contributed by atoms with Crippen LogP contribution in [-0.2, 0) is 16.6 Å². The minimum Gasteiger partial charge on any atom is -0.351 e. The number of carbonyl (C=O) groups is 2. The Morgan fingerprint density at radius 3 is 2.62 bits per heavy atom. The van der Waals surface area contributed by atoms with Crippen molar-refractivity contribution in [2.45, 2.75) is 6.92 Å². The molecule has 1 aromatic heterocycles. The minimum absolute atomic E-state index is 0.0183. The van der Waals surface area contributed by atoms with Crippen LogP contribution in [0.1, 0.15) is 11.3 Å². The van der Waals surface area contributed by atoms with E-state index in [4.69, 9.17) is 23.8 Å². The number of amides is 2. The summed E-state index contributed by atoms with van der Waals surface area (Å²) in [6, 6.07) is 8.86. The summed E-state index contributed by atoms with van der Waals surface area (Å²) in [5.41, 5.74) is 2.02. The molecule has 1 N–H and O–H groups in total. The molecule has 2 heterocycles. The van der Waals surface area contributed by atoms with Gasteiger partial charge in [-0.25, -0.2) is 0 Å². The number of aryl methyl sites for hydroxylation is 1. The largest absolute Gasteiger partial charge is 0.351 e. The molecule has 122 valence electrons. The average Bonchev–Trinajstić information content (AvgIpc) is 2.93. The van der Waals surface area contributed by atoms with Crippen molar-refractivity contribution >= 4 is 52.5 Å². The van der Waals surface area contributed by atoms with Gasteiger partial charge in [0.05, 0.1) is 5.69 Å². The van der Waals surface area contributed by atoms with Crippen molar-refractivity contribution in [3.8, 4) is 0 Å². The Labute approximate surface area is 149 Å². The number of rotatable bonds is 2. The van der Waals surface area contributed by atoms with Gasteiger partial charge < -0.3 is 4.57 Å². The van der Waals surface area contributed by atoms with Crippen LogP contribution in [0.15, 0.2) is 42.1 Å². The van der Waals surface area contributed by atoms with Gasteiger partial charge in [-0.05, 0) is 55.0 Å². The zero-order chi connectivity index (χ0) is 17.4. The molecule has 0 saturated carbocycles. The maximum absolute atomic E-state index is 12.9. The normalized spacial score (nSPS) is 16.7. The van der Waals surface area contributed by atoms with Crippen molar-refractivity contribution in [3.63, 3.8) is 0 Å². The van der Waals surface area contributed by atoms with E-state index in [2.05, 4.69) is 5.32 Å². The van der Waals surface area contributed by atoms with E-state index in [1.165, 1.54) is 4.90 Å². The van der Waals surface area contributed by atoms with Crippen LogP contribution >= 0.6 is 23.8 Å². The molecule has 2 amide bonds. The zero-order valence-corrected chi connectivity index (χ0v) is 14.6. The average molecular weight is 360 g/mol. The predicted octanol–water partition coefficient (Wildman–Crippen LogP) is 2.82. The lowest BCUT2D eigenvalue weighted by Crippen LogP contribution is -2.54. The van der Waals surface area contributed by atoms with E-state index in [1.54, 1.807) is 31.2 Å². The number of nitrogens with zero attached hydrogens (tertiary/aromatic N) is 2. The fourth-order valence-corrected chi connectivity index (χ4v) is 2.93. The summed E-state index contributed by atoms with van der Waals surface area (Å²) in [5, 5.41) is 3.13. The first-order valence-corrected chi connectivity index (χ1v) is 7.96. The smallest absolute Gasteiger partial charge is 0.270 e. The summed E-state index contributed by atoms with van der Waals surface area (Å²) >= 11 is 11.3. The molecule has 2 aromatic rings. The lowest BCUT2D eigenvalue weighted by Gasteiger charge is -2.30. The third kappa shape index (κ3) is 2.74. The molecular weight excluding hydrogens is 346 g/mol. The molecular formula is C17H14ClN3O2S. The molecule has 0 bridgehead atoms. The van der Waals surface area contributed by atoms with Crippen LogP contribution in [0.2, 0.25) is 5.02 Å². The number of nitrogens with one attached hydrogen (secondary N) is 1. The number of halogens is 1. The van der Waals surface area contributed by atoms with Gasteiger partial charge >= 0.3 is 0 Å². The molecule has 3 rings (SSSR count). The first-order chi connectivity index (χ1) is 11.4. The summed E-state index contributed by atoms with van der Waals surface area (Å²) in [6.07, 6.45) is 3.38. The van der Waals surface area contributed by atoms with E-state index in [-0.39, 0.29) is 10.7 Å². The van der Waals surface area contributed by atoms with E-state index in [0.717, 1.165) is 5.69 Å². The van der Waals surface area contributed by atoms with Crippen LogP contribution in [0, 0.1) is 6.92 Å². The standard InChI is InChI=1S/C17H14ClN3O2S/c1-10-13(18)6-3-7-14(10)21-16(23)12(15(22)19-17(21)24)9-11-5-4-8-20(11)2/h3-9H,1-2H3,(H,19,22,24)/b12-9+. The number of anilines is 1. The maximum Gasteiger partial charge on any atom is 0.270 e. The lowest BCUT2D eigenvalue weighted by atomic mass is 10.1. The molecule has 1 saturated heterocycles. The highest BCUT2D eigenvalue weighted by molar-refractivity contribution is 7.80. The molecule has 0 atom stereocenters. The first-order valence-electron chi connectivity index (χ1n) is 7.18. The van der Waals surface area contributed by atoms with Crippen molar-refractivity contribution in [2.75, 3.05) is 4.90 Å². The lowest BCUT2D eigenvalue weighted by molar-refractivity contribution is -0.122. The van der Waals surface area contributed by atoms with Crippen molar-refractivity contribution < 1.29 is 9.59 Å². The highest BCUT2D eigenvalue weighted by Gasteiger charge is 2.35. The molecule has 0 aliphatic carbocycles. The summed E-state index contributed by atoms with van der Waals surface area (Å²) in [5.74, 6) is -0.988. The Balaban J connectivity index is 2.09. The number of hydrogen-bond acceptors (Lipinski definition) is 3. The summed E-state index contributed by atoms with van der Waals surface area (Å²) in [4.78, 5) is 26.4. The third-order valence-electron chi connectivity index (χ3n) is 3.86. The Kier molecular flexibility index (Phi) is 4.26. The summed E-state index contributed by atoms with van der Waals surface area (Å²) in [7, 11) is 1.83. The topological polar surface area (TPSA) is 54.3 Å². The second kappa shape index (κ2) is 6.22. The van der Waals surface area contributed by atoms with Crippen molar-refractivity contribution in [2.24, 2.45) is 7.05 Å². The predicted molar refractivity (Wildman–Crippen MR) is 97.8 cm³/mol. The molecule has 1 fully saturated rings. The number of thiocarbonyl (C=S) groups is 1. The van der Waals surface area contributed by atoms with E-state index < -0.39 is 11.8 Å². The molecule has 0 radical (unpaired) electrons. The van der Waals surface area contributed by atoms with Crippen molar-refractivity contribution in [1.29, 1.82) is 0 Å². The Morgan fingerprint density at radius 1 is 1.21 bits per heavy atom. The van der Waals surface area contributed by atoms with E-state index >= 15 is 0 Å². The zero-order valence-electron chi connectivity index (χ0n) is 13.0. The van der Waals surface area contributed by atoms with Crippen LogP contribution < -0.4 is 10.2 Å². The third-order valence-corrected chi connectivity index (χ3v) is 4.55. The second-order valence-electron chi connectivity index (χ2n) is 5.39. The molecule has 24 heavy (non-hydrogen) atoms. The summed E-state index contributed by atoms with van der Waals surface area (Å²) in [6.45, 7) is 1.80. The van der Waals surface area contributed by atoms with E-state index in [9.17, 15) is 9.59 Å². The number of aromatic nitrogens is 1. The second-order valence-corrected chi connectivity index (χ2v) is 6.18. The highest BCUT2D eigenvalue weighted by Crippen LogP contribution is 2.29. The molecule has 0 unspecified atom stereocenters. The molecule has 5 nitrogen and oxygen atoms in total. The highest BCUT2D eigenvalue weighted by atomic mass is 35.5. The molecule has 1 aromatic carbocycles. The van der Waals surface area contributed by atoms with Gasteiger partial charge in [0.25, 0.3) is 11.8 Å². The van der Waals surface area contributed by atoms with Crippen LogP contribution in [0.25, 0.3) is 6.08 Å². The van der Waals surface area contributed by atoms with Crippen molar-refractivity contribution in [3.05, 3.63) is 58.4 Å². The maximum atomic E-state index is 12.9. The number of benzene rings is 1. The Hall–Kier alpha value is -2.44. The van der Waals surface area contributed by atoms with Crippen molar-refractivity contribution in [1.82, 2.24) is 9.88 Å². The molecule has 7 heteroatoms. The van der Waals surface area contributed by atoms with E-state index in [0.29, 0.717) is 16.3 Å². The van der Waals surface area contributed by atoms with Gasteiger partial charge in [-0.1, -0.05) is 17.7 Å². The fraction of sp³-hybridized carbons (Fsp3) is 0.118. The van der Waals surface area contributed by atoms with Gasteiger partial charge in [-0.2, -0.15) is 0 Å². The monoisotopic (exact) mass is 359 g/mol. The van der Waals surface area contributed by atoms with Gasteiger partial charge in [0.2, 0.25) is 0 Å². The van der Waals surface area contributed by atoms with Crippen LogP contribution in [0.3, 0.4) is 0 Å². The van der Waals surface area contributed by atoms with Gasteiger partial charge in [-0.15, -0.1) is 0 Å².